The fourth-order valence-corrected chi connectivity index (χ4v) is 2.31. The molecular formula is C16H16N4O. The van der Waals surface area contributed by atoms with E-state index in [0.717, 1.165) is 22.7 Å². The molecule has 1 aromatic carbocycles. The van der Waals surface area contributed by atoms with Gasteiger partial charge < -0.3 is 5.32 Å². The summed E-state index contributed by atoms with van der Waals surface area (Å²) in [5, 5.41) is 4.95. The third kappa shape index (κ3) is 2.54. The van der Waals surface area contributed by atoms with E-state index in [-0.39, 0.29) is 11.9 Å². The number of carbonyl (C=O) groups is 1. The van der Waals surface area contributed by atoms with E-state index in [4.69, 9.17) is 0 Å². The van der Waals surface area contributed by atoms with E-state index < -0.39 is 0 Å². The summed E-state index contributed by atoms with van der Waals surface area (Å²) < 4.78 is 0. The maximum Gasteiger partial charge on any atom is 0.251 e. The number of hydrogen-bond donors (Lipinski definition) is 1. The average molecular weight is 280 g/mol. The summed E-state index contributed by atoms with van der Waals surface area (Å²) in [6.45, 7) is 3.93. The van der Waals surface area contributed by atoms with E-state index in [1.54, 1.807) is 24.5 Å². The van der Waals surface area contributed by atoms with Gasteiger partial charge in [0.05, 0.1) is 17.1 Å². The Kier molecular flexibility index (Phi) is 3.48. The van der Waals surface area contributed by atoms with Crippen LogP contribution in [0.4, 0.5) is 0 Å². The molecule has 5 heteroatoms. The van der Waals surface area contributed by atoms with Crippen molar-refractivity contribution in [3.05, 3.63) is 58.6 Å². The number of fused-ring (bicyclic) bond motifs is 1. The Labute approximate surface area is 122 Å². The van der Waals surface area contributed by atoms with Crippen LogP contribution in [0, 0.1) is 0 Å². The number of carbonyl (C=O) groups excluding carboxylic acids is 1. The van der Waals surface area contributed by atoms with Crippen molar-refractivity contribution in [3.63, 3.8) is 0 Å². The maximum absolute atomic E-state index is 12.3. The minimum absolute atomic E-state index is 0.125. The highest BCUT2D eigenvalue weighted by Gasteiger charge is 2.15. The second-order valence-electron chi connectivity index (χ2n) is 4.95. The maximum atomic E-state index is 12.3. The standard InChI is InChI=1S/C16H16N4O/c1-3-13-12-9-11(5-6-14(12)20-13)16(21)19-10(2)15-17-7-4-8-18-15/h4-10H,3H2,1-2H3,(H,19,21). The Morgan fingerprint density at radius 3 is 2.76 bits per heavy atom. The topological polar surface area (TPSA) is 67.2 Å². The van der Waals surface area contributed by atoms with Gasteiger partial charge in [-0.2, -0.15) is 0 Å². The van der Waals surface area contributed by atoms with Gasteiger partial charge >= 0.3 is 0 Å². The lowest BCUT2D eigenvalue weighted by molar-refractivity contribution is 0.0938. The van der Waals surface area contributed by atoms with Crippen LogP contribution in [0.2, 0.25) is 0 Å². The van der Waals surface area contributed by atoms with Gasteiger partial charge in [0, 0.05) is 23.2 Å². The van der Waals surface area contributed by atoms with E-state index in [2.05, 4.69) is 27.2 Å². The number of nitrogens with zero attached hydrogens (tertiary/aromatic N) is 3. The van der Waals surface area contributed by atoms with Crippen LogP contribution in [0.5, 0.6) is 0 Å². The molecule has 0 saturated heterocycles. The monoisotopic (exact) mass is 280 g/mol. The highest BCUT2D eigenvalue weighted by molar-refractivity contribution is 5.94. The summed E-state index contributed by atoms with van der Waals surface area (Å²) in [5.41, 5.74) is 1.69. The zero-order valence-corrected chi connectivity index (χ0v) is 12.0. The first-order valence-electron chi connectivity index (χ1n) is 6.99. The van der Waals surface area contributed by atoms with Crippen LogP contribution < -0.4 is 15.9 Å². The molecule has 1 aliphatic rings. The van der Waals surface area contributed by atoms with Crippen molar-refractivity contribution in [2.45, 2.75) is 26.3 Å². The molecule has 0 bridgehead atoms. The summed E-state index contributed by atoms with van der Waals surface area (Å²) in [7, 11) is 0. The molecule has 2 heterocycles. The molecule has 1 N–H and O–H groups in total. The molecule has 2 aromatic rings. The van der Waals surface area contributed by atoms with Crippen LogP contribution in [0.15, 0.2) is 41.7 Å². The van der Waals surface area contributed by atoms with Crippen molar-refractivity contribution in [3.8, 4) is 0 Å². The van der Waals surface area contributed by atoms with Gasteiger partial charge in [-0.25, -0.2) is 9.97 Å². The van der Waals surface area contributed by atoms with Crippen molar-refractivity contribution in [1.29, 1.82) is 0 Å². The van der Waals surface area contributed by atoms with E-state index in [1.807, 2.05) is 19.1 Å². The summed E-state index contributed by atoms with van der Waals surface area (Å²) in [4.78, 5) is 25.0. The predicted octanol–water partition coefficient (Wildman–Crippen LogP) is 1.12. The number of nitrogens with one attached hydrogen (secondary N) is 1. The fourth-order valence-electron chi connectivity index (χ4n) is 2.31. The van der Waals surface area contributed by atoms with Gasteiger partial charge in [-0.05, 0) is 37.6 Å². The third-order valence-corrected chi connectivity index (χ3v) is 3.48. The number of rotatable bonds is 4. The third-order valence-electron chi connectivity index (χ3n) is 3.48. The summed E-state index contributed by atoms with van der Waals surface area (Å²) in [6, 6.07) is 7.09. The summed E-state index contributed by atoms with van der Waals surface area (Å²) >= 11 is 0. The van der Waals surface area contributed by atoms with E-state index in [0.29, 0.717) is 11.4 Å². The Morgan fingerprint density at radius 2 is 2.05 bits per heavy atom. The van der Waals surface area contributed by atoms with Gasteiger partial charge in [0.1, 0.15) is 5.82 Å². The normalized spacial score (nSPS) is 13.7. The van der Waals surface area contributed by atoms with Crippen molar-refractivity contribution < 1.29 is 4.79 Å². The number of benzene rings is 1. The van der Waals surface area contributed by atoms with Gasteiger partial charge in [0.2, 0.25) is 0 Å². The molecule has 1 amide bonds. The van der Waals surface area contributed by atoms with Crippen molar-refractivity contribution in [2.24, 2.45) is 4.99 Å². The molecule has 5 nitrogen and oxygen atoms in total. The lowest BCUT2D eigenvalue weighted by Crippen LogP contribution is -2.37. The lowest BCUT2D eigenvalue weighted by atomic mass is 10.1. The molecule has 21 heavy (non-hydrogen) atoms. The van der Waals surface area contributed by atoms with Crippen molar-refractivity contribution in [1.82, 2.24) is 15.3 Å². The number of hydrogen-bond acceptors (Lipinski definition) is 4. The molecule has 106 valence electrons. The van der Waals surface area contributed by atoms with E-state index in [1.165, 1.54) is 0 Å². The van der Waals surface area contributed by atoms with Gasteiger partial charge in [0.25, 0.3) is 5.91 Å². The Balaban J connectivity index is 1.80. The van der Waals surface area contributed by atoms with Crippen LogP contribution >= 0.6 is 0 Å². The molecule has 3 rings (SSSR count). The highest BCUT2D eigenvalue weighted by Crippen LogP contribution is 2.08. The first-order valence-corrected chi connectivity index (χ1v) is 6.99. The smallest absolute Gasteiger partial charge is 0.251 e. The van der Waals surface area contributed by atoms with Gasteiger partial charge in [-0.1, -0.05) is 6.92 Å². The SMILES string of the molecule is CCC1=c2cc(C(=O)NC(C)c3ncccn3)ccc2=N1. The zero-order valence-electron chi connectivity index (χ0n) is 12.0. The number of amides is 1. The molecule has 1 aromatic heterocycles. The Morgan fingerprint density at radius 1 is 1.29 bits per heavy atom. The molecule has 0 fully saturated rings. The molecule has 0 saturated carbocycles. The Bertz CT molecular complexity index is 799. The van der Waals surface area contributed by atoms with Gasteiger partial charge in [-0.3, -0.25) is 9.79 Å². The van der Waals surface area contributed by atoms with E-state index >= 15 is 0 Å². The minimum atomic E-state index is -0.232. The quantitative estimate of drug-likeness (QED) is 0.912. The largest absolute Gasteiger partial charge is 0.342 e. The second kappa shape index (κ2) is 5.44. The lowest BCUT2D eigenvalue weighted by Gasteiger charge is -2.13. The van der Waals surface area contributed by atoms with Crippen LogP contribution in [-0.2, 0) is 0 Å². The van der Waals surface area contributed by atoms with E-state index in [9.17, 15) is 4.79 Å². The van der Waals surface area contributed by atoms with Crippen molar-refractivity contribution in [2.75, 3.05) is 0 Å². The molecule has 1 atom stereocenters. The summed E-state index contributed by atoms with van der Waals surface area (Å²) in [5.74, 6) is 0.478. The molecule has 0 aliphatic carbocycles. The summed E-state index contributed by atoms with van der Waals surface area (Å²) in [6.07, 6.45) is 4.22. The second-order valence-corrected chi connectivity index (χ2v) is 4.95. The zero-order chi connectivity index (χ0) is 14.8. The van der Waals surface area contributed by atoms with Crippen LogP contribution in [0.25, 0.3) is 5.70 Å². The van der Waals surface area contributed by atoms with Crippen LogP contribution in [0.3, 0.4) is 0 Å². The van der Waals surface area contributed by atoms with Gasteiger partial charge in [-0.15, -0.1) is 0 Å². The first-order chi connectivity index (χ1) is 10.2. The molecule has 1 aliphatic heterocycles. The molecule has 0 radical (unpaired) electrons. The van der Waals surface area contributed by atoms with Crippen molar-refractivity contribution >= 4 is 11.6 Å². The number of aromatic nitrogens is 2. The minimum Gasteiger partial charge on any atom is -0.342 e. The predicted molar refractivity (Wildman–Crippen MR) is 78.8 cm³/mol. The highest BCUT2D eigenvalue weighted by atomic mass is 16.1. The Hall–Kier alpha value is -2.56. The molecule has 0 spiro atoms. The van der Waals surface area contributed by atoms with Crippen LogP contribution in [-0.4, -0.2) is 15.9 Å². The first kappa shape index (κ1) is 13.4. The molecular weight excluding hydrogens is 264 g/mol. The average Bonchev–Trinajstić information content (AvgIpc) is 2.49. The molecule has 1 unspecified atom stereocenters. The fraction of sp³-hybridized carbons (Fsp3) is 0.250. The van der Waals surface area contributed by atoms with Crippen LogP contribution in [0.1, 0.15) is 42.5 Å². The van der Waals surface area contributed by atoms with Gasteiger partial charge in [0.15, 0.2) is 0 Å².